The van der Waals surface area contributed by atoms with E-state index in [4.69, 9.17) is 10.8 Å². The van der Waals surface area contributed by atoms with Crippen molar-refractivity contribution in [2.24, 2.45) is 5.73 Å². The van der Waals surface area contributed by atoms with Gasteiger partial charge in [0.25, 0.3) is 5.91 Å². The fourth-order valence-corrected chi connectivity index (χ4v) is 3.49. The molecule has 186 valence electrons. The number of aliphatic hydroxyl groups excluding tert-OH is 2. The molecule has 2 aromatic rings. The quantitative estimate of drug-likeness (QED) is 0.199. The molecule has 0 spiro atoms. The van der Waals surface area contributed by atoms with Gasteiger partial charge in [-0.2, -0.15) is 0 Å². The van der Waals surface area contributed by atoms with Crippen LogP contribution in [-0.4, -0.2) is 53.0 Å². The van der Waals surface area contributed by atoms with E-state index in [-0.39, 0.29) is 5.78 Å². The fraction of sp³-hybridized carbons (Fsp3) is 0.393. The standard InChI is InChI=1S/C28H34N2O5/c1-20(32)27(26(34)19-31)30-28(35)24-16-12-22(13-17-24)9-8-21-10-14-23(15-11-21)25(33)7-5-3-2-4-6-18-29/h10-17,20,27,31-32H,2-7,18-19,29H2,1H3,(H,30,35)/t20-,27+/m1/s1. The van der Waals surface area contributed by atoms with Gasteiger partial charge in [0, 0.05) is 28.7 Å². The number of nitrogens with two attached hydrogens (primary N) is 1. The van der Waals surface area contributed by atoms with Crippen molar-refractivity contribution in [1.82, 2.24) is 5.32 Å². The van der Waals surface area contributed by atoms with Crippen molar-refractivity contribution < 1.29 is 24.6 Å². The van der Waals surface area contributed by atoms with Crippen molar-refractivity contribution in [3.05, 3.63) is 70.8 Å². The van der Waals surface area contributed by atoms with E-state index < -0.39 is 30.4 Å². The predicted molar refractivity (Wildman–Crippen MR) is 135 cm³/mol. The molecule has 2 rings (SSSR count). The summed E-state index contributed by atoms with van der Waals surface area (Å²) in [6, 6.07) is 12.5. The van der Waals surface area contributed by atoms with E-state index in [0.717, 1.165) is 44.2 Å². The third-order valence-electron chi connectivity index (χ3n) is 5.58. The summed E-state index contributed by atoms with van der Waals surface area (Å²) in [4.78, 5) is 36.4. The Morgan fingerprint density at radius 3 is 1.89 bits per heavy atom. The van der Waals surface area contributed by atoms with Crippen molar-refractivity contribution in [2.75, 3.05) is 13.2 Å². The molecule has 0 saturated heterocycles. The Labute approximate surface area is 206 Å². The van der Waals surface area contributed by atoms with Gasteiger partial charge in [-0.1, -0.05) is 43.2 Å². The second kappa shape index (κ2) is 14.8. The number of nitrogens with one attached hydrogen (secondary N) is 1. The van der Waals surface area contributed by atoms with Gasteiger partial charge in [-0.05, 0) is 62.7 Å². The molecule has 0 aliphatic rings. The molecule has 2 atom stereocenters. The monoisotopic (exact) mass is 478 g/mol. The number of hydrogen-bond donors (Lipinski definition) is 4. The number of amides is 1. The van der Waals surface area contributed by atoms with Gasteiger partial charge < -0.3 is 21.3 Å². The summed E-state index contributed by atoms with van der Waals surface area (Å²) in [5.74, 6) is 4.99. The molecular formula is C28H34N2O5. The third kappa shape index (κ3) is 9.45. The fourth-order valence-electron chi connectivity index (χ4n) is 3.49. The first-order chi connectivity index (χ1) is 16.8. The molecule has 0 heterocycles. The summed E-state index contributed by atoms with van der Waals surface area (Å²) in [7, 11) is 0. The smallest absolute Gasteiger partial charge is 0.251 e. The van der Waals surface area contributed by atoms with Crippen LogP contribution in [0.5, 0.6) is 0 Å². The van der Waals surface area contributed by atoms with Crippen molar-refractivity contribution >= 4 is 17.5 Å². The highest BCUT2D eigenvalue weighted by atomic mass is 16.3. The van der Waals surface area contributed by atoms with Crippen molar-refractivity contribution in [3.8, 4) is 11.8 Å². The van der Waals surface area contributed by atoms with Gasteiger partial charge in [0.15, 0.2) is 11.6 Å². The molecule has 7 heteroatoms. The molecule has 0 radical (unpaired) electrons. The molecule has 0 bridgehead atoms. The Morgan fingerprint density at radius 1 is 0.857 bits per heavy atom. The summed E-state index contributed by atoms with van der Waals surface area (Å²) in [6.45, 7) is 1.32. The van der Waals surface area contributed by atoms with Crippen LogP contribution in [0.2, 0.25) is 0 Å². The molecule has 7 nitrogen and oxygen atoms in total. The normalized spacial score (nSPS) is 12.2. The van der Waals surface area contributed by atoms with Crippen LogP contribution in [0.4, 0.5) is 0 Å². The number of aliphatic hydroxyl groups is 2. The molecule has 2 aromatic carbocycles. The van der Waals surface area contributed by atoms with Gasteiger partial charge in [0.05, 0.1) is 6.10 Å². The SMILES string of the molecule is C[C@@H](O)[C@H](NC(=O)c1ccc(C#Cc2ccc(C(=O)CCCCCCCN)cc2)cc1)C(=O)CO. The van der Waals surface area contributed by atoms with Crippen LogP contribution in [0.1, 0.15) is 77.3 Å². The van der Waals surface area contributed by atoms with E-state index in [9.17, 15) is 19.5 Å². The Balaban J connectivity index is 1.91. The number of benzene rings is 2. The van der Waals surface area contributed by atoms with Crippen LogP contribution in [0.25, 0.3) is 0 Å². The summed E-state index contributed by atoms with van der Waals surface area (Å²) >= 11 is 0. The number of Topliss-reactive ketones (excluding diaryl/α,β-unsaturated/α-hetero) is 2. The van der Waals surface area contributed by atoms with E-state index in [2.05, 4.69) is 17.2 Å². The Morgan fingerprint density at radius 2 is 1.37 bits per heavy atom. The van der Waals surface area contributed by atoms with E-state index in [0.29, 0.717) is 23.1 Å². The highest BCUT2D eigenvalue weighted by Gasteiger charge is 2.25. The molecule has 1 amide bonds. The van der Waals surface area contributed by atoms with Gasteiger partial charge in [-0.3, -0.25) is 14.4 Å². The average Bonchev–Trinajstić information content (AvgIpc) is 2.87. The molecule has 0 aliphatic heterocycles. The van der Waals surface area contributed by atoms with Crippen LogP contribution in [0.15, 0.2) is 48.5 Å². The highest BCUT2D eigenvalue weighted by Crippen LogP contribution is 2.12. The average molecular weight is 479 g/mol. The minimum atomic E-state index is -1.18. The van der Waals surface area contributed by atoms with E-state index >= 15 is 0 Å². The minimum absolute atomic E-state index is 0.135. The highest BCUT2D eigenvalue weighted by molar-refractivity contribution is 5.98. The zero-order chi connectivity index (χ0) is 25.6. The zero-order valence-corrected chi connectivity index (χ0v) is 20.1. The minimum Gasteiger partial charge on any atom is -0.391 e. The van der Waals surface area contributed by atoms with Crippen LogP contribution < -0.4 is 11.1 Å². The number of ketones is 2. The van der Waals surface area contributed by atoms with Gasteiger partial charge >= 0.3 is 0 Å². The van der Waals surface area contributed by atoms with Gasteiger partial charge in [0.2, 0.25) is 0 Å². The van der Waals surface area contributed by atoms with E-state index in [1.807, 2.05) is 12.1 Å². The molecule has 0 aromatic heterocycles. The summed E-state index contributed by atoms with van der Waals surface area (Å²) < 4.78 is 0. The molecule has 35 heavy (non-hydrogen) atoms. The first-order valence-corrected chi connectivity index (χ1v) is 11.9. The Hall–Kier alpha value is -3.31. The maximum Gasteiger partial charge on any atom is 0.251 e. The summed E-state index contributed by atoms with van der Waals surface area (Å²) in [5.41, 5.74) is 7.93. The first-order valence-electron chi connectivity index (χ1n) is 11.9. The number of carbonyl (C=O) groups is 3. The lowest BCUT2D eigenvalue weighted by Crippen LogP contribution is -2.48. The largest absolute Gasteiger partial charge is 0.391 e. The van der Waals surface area contributed by atoms with Gasteiger partial charge in [0.1, 0.15) is 12.6 Å². The Kier molecular flexibility index (Phi) is 11.8. The van der Waals surface area contributed by atoms with Crippen LogP contribution in [-0.2, 0) is 4.79 Å². The lowest BCUT2D eigenvalue weighted by Gasteiger charge is -2.19. The molecule has 0 saturated carbocycles. The van der Waals surface area contributed by atoms with Crippen LogP contribution in [0.3, 0.4) is 0 Å². The van der Waals surface area contributed by atoms with E-state index in [1.165, 1.54) is 6.92 Å². The van der Waals surface area contributed by atoms with Gasteiger partial charge in [-0.25, -0.2) is 0 Å². The number of unbranched alkanes of at least 4 members (excludes halogenated alkanes) is 4. The maximum atomic E-state index is 12.4. The zero-order valence-electron chi connectivity index (χ0n) is 20.1. The molecule has 5 N–H and O–H groups in total. The molecule has 0 aliphatic carbocycles. The van der Waals surface area contributed by atoms with Crippen molar-refractivity contribution in [3.63, 3.8) is 0 Å². The number of carbonyl (C=O) groups excluding carboxylic acids is 3. The summed E-state index contributed by atoms with van der Waals surface area (Å²) in [5, 5.41) is 21.1. The van der Waals surface area contributed by atoms with Crippen LogP contribution in [0, 0.1) is 11.8 Å². The second-order valence-electron chi connectivity index (χ2n) is 8.45. The van der Waals surface area contributed by atoms with Crippen molar-refractivity contribution in [1.29, 1.82) is 0 Å². The van der Waals surface area contributed by atoms with Crippen molar-refractivity contribution in [2.45, 2.75) is 57.6 Å². The molecule has 0 fully saturated rings. The molecular weight excluding hydrogens is 444 g/mol. The maximum absolute atomic E-state index is 12.4. The first kappa shape index (κ1) is 27.9. The summed E-state index contributed by atoms with van der Waals surface area (Å²) in [6.07, 6.45) is 4.60. The number of rotatable bonds is 13. The second-order valence-corrected chi connectivity index (χ2v) is 8.45. The number of hydrogen-bond acceptors (Lipinski definition) is 6. The lowest BCUT2D eigenvalue weighted by atomic mass is 10.0. The third-order valence-corrected chi connectivity index (χ3v) is 5.58. The Bertz CT molecular complexity index is 1030. The van der Waals surface area contributed by atoms with Crippen LogP contribution >= 0.6 is 0 Å². The lowest BCUT2D eigenvalue weighted by molar-refractivity contribution is -0.125. The van der Waals surface area contributed by atoms with Gasteiger partial charge in [-0.15, -0.1) is 0 Å². The molecule has 0 unspecified atom stereocenters. The predicted octanol–water partition coefficient (Wildman–Crippen LogP) is 2.61. The van der Waals surface area contributed by atoms with E-state index in [1.54, 1.807) is 36.4 Å². The topological polar surface area (TPSA) is 130 Å².